The highest BCUT2D eigenvalue weighted by molar-refractivity contribution is 5.94. The molecule has 0 saturated heterocycles. The van der Waals surface area contributed by atoms with Gasteiger partial charge in [0.1, 0.15) is 5.76 Å². The van der Waals surface area contributed by atoms with Gasteiger partial charge in [-0.1, -0.05) is 0 Å². The molecule has 0 saturated carbocycles. The number of benzene rings is 1. The minimum absolute atomic E-state index is 0.198. The molecule has 8 heteroatoms. The number of methoxy groups -OCH3 is 2. The van der Waals surface area contributed by atoms with Crippen LogP contribution in [-0.2, 0) is 11.2 Å². The largest absolute Gasteiger partial charge is 0.493 e. The fourth-order valence-electron chi connectivity index (χ4n) is 3.30. The molecule has 2 aromatic rings. The molecule has 1 aliphatic rings. The number of carbonyl (C=O) groups excluding carboxylic acids is 1. The van der Waals surface area contributed by atoms with Crippen LogP contribution in [0.25, 0.3) is 0 Å². The molecular formula is C18H20N2O6. The van der Waals surface area contributed by atoms with Crippen molar-refractivity contribution in [1.29, 1.82) is 0 Å². The van der Waals surface area contributed by atoms with Crippen LogP contribution in [0.15, 0.2) is 22.9 Å². The van der Waals surface area contributed by atoms with E-state index in [2.05, 4.69) is 4.98 Å². The molecule has 3 rings (SSSR count). The van der Waals surface area contributed by atoms with Gasteiger partial charge in [-0.05, 0) is 36.6 Å². The second kappa shape index (κ2) is 7.07. The van der Waals surface area contributed by atoms with Gasteiger partial charge in [0.25, 0.3) is 5.91 Å². The van der Waals surface area contributed by atoms with Crippen molar-refractivity contribution in [3.8, 4) is 11.5 Å². The van der Waals surface area contributed by atoms with Crippen LogP contribution in [0.5, 0.6) is 11.5 Å². The van der Waals surface area contributed by atoms with E-state index >= 15 is 0 Å². The lowest BCUT2D eigenvalue weighted by molar-refractivity contribution is -0.138. The van der Waals surface area contributed by atoms with Gasteiger partial charge in [0.15, 0.2) is 23.6 Å². The zero-order chi connectivity index (χ0) is 18.8. The lowest BCUT2D eigenvalue weighted by Crippen LogP contribution is -2.41. The quantitative estimate of drug-likeness (QED) is 0.872. The molecule has 0 aliphatic carbocycles. The number of carboxylic acid groups (broad SMARTS) is 1. The molecule has 1 aromatic carbocycles. The summed E-state index contributed by atoms with van der Waals surface area (Å²) >= 11 is 0. The Balaban J connectivity index is 2.05. The van der Waals surface area contributed by atoms with Crippen molar-refractivity contribution < 1.29 is 28.6 Å². The summed E-state index contributed by atoms with van der Waals surface area (Å²) in [6.45, 7) is 2.03. The van der Waals surface area contributed by atoms with Gasteiger partial charge >= 0.3 is 5.97 Å². The number of hydrogen-bond acceptors (Lipinski definition) is 6. The zero-order valence-corrected chi connectivity index (χ0v) is 14.8. The Kier molecular flexibility index (Phi) is 4.83. The smallest absolute Gasteiger partial charge is 0.305 e. The lowest BCUT2D eigenvalue weighted by atomic mass is 9.89. The molecule has 138 valence electrons. The Bertz CT molecular complexity index is 844. The van der Waals surface area contributed by atoms with Gasteiger partial charge in [-0.2, -0.15) is 0 Å². The summed E-state index contributed by atoms with van der Waals surface area (Å²) in [5.41, 5.74) is 1.88. The van der Waals surface area contributed by atoms with E-state index in [0.717, 1.165) is 11.1 Å². The number of aryl methyl sites for hydroxylation is 1. The standard InChI is InChI=1S/C18H20N2O6/c1-10-17(19-9-26-10)18(23)20-5-4-11-6-14(24-2)15(25-3)7-12(11)13(20)8-16(21)22/h6-7,9,13H,4-5,8H2,1-3H3,(H,21,22). The summed E-state index contributed by atoms with van der Waals surface area (Å²) in [7, 11) is 3.06. The van der Waals surface area contributed by atoms with Crippen LogP contribution in [0.1, 0.15) is 39.8 Å². The summed E-state index contributed by atoms with van der Waals surface area (Å²) in [6, 6.07) is 2.96. The van der Waals surface area contributed by atoms with Crippen LogP contribution in [-0.4, -0.2) is 47.6 Å². The number of oxazole rings is 1. The molecule has 0 radical (unpaired) electrons. The van der Waals surface area contributed by atoms with E-state index in [1.54, 1.807) is 20.1 Å². The summed E-state index contributed by atoms with van der Waals surface area (Å²) in [6.07, 6.45) is 1.57. The number of rotatable bonds is 5. The van der Waals surface area contributed by atoms with E-state index in [0.29, 0.717) is 30.2 Å². The van der Waals surface area contributed by atoms with Crippen molar-refractivity contribution in [2.75, 3.05) is 20.8 Å². The number of carboxylic acids is 1. The maximum atomic E-state index is 12.9. The first-order valence-corrected chi connectivity index (χ1v) is 8.13. The molecule has 1 unspecified atom stereocenters. The van der Waals surface area contributed by atoms with Crippen LogP contribution in [0.3, 0.4) is 0 Å². The number of amides is 1. The van der Waals surface area contributed by atoms with E-state index < -0.39 is 12.0 Å². The Labute approximate surface area is 150 Å². The summed E-state index contributed by atoms with van der Waals surface area (Å²) in [5, 5.41) is 9.38. The first-order valence-electron chi connectivity index (χ1n) is 8.13. The van der Waals surface area contributed by atoms with E-state index in [1.165, 1.54) is 18.4 Å². The minimum Gasteiger partial charge on any atom is -0.493 e. The molecule has 1 aliphatic heterocycles. The van der Waals surface area contributed by atoms with Crippen LogP contribution < -0.4 is 9.47 Å². The van der Waals surface area contributed by atoms with Gasteiger partial charge < -0.3 is 23.9 Å². The number of carbonyl (C=O) groups is 2. The van der Waals surface area contributed by atoms with Gasteiger partial charge in [0.05, 0.1) is 26.7 Å². The highest BCUT2D eigenvalue weighted by atomic mass is 16.5. The van der Waals surface area contributed by atoms with Crippen molar-refractivity contribution >= 4 is 11.9 Å². The second-order valence-electron chi connectivity index (χ2n) is 6.03. The number of nitrogens with zero attached hydrogens (tertiary/aromatic N) is 2. The van der Waals surface area contributed by atoms with E-state index in [-0.39, 0.29) is 18.0 Å². The average molecular weight is 360 g/mol. The van der Waals surface area contributed by atoms with Crippen molar-refractivity contribution in [2.24, 2.45) is 0 Å². The van der Waals surface area contributed by atoms with Gasteiger partial charge in [-0.15, -0.1) is 0 Å². The predicted molar refractivity (Wildman–Crippen MR) is 90.5 cm³/mol. The van der Waals surface area contributed by atoms with Gasteiger partial charge in [0.2, 0.25) is 0 Å². The monoisotopic (exact) mass is 360 g/mol. The average Bonchev–Trinajstić information content (AvgIpc) is 3.05. The fourth-order valence-corrected chi connectivity index (χ4v) is 3.30. The number of fused-ring (bicyclic) bond motifs is 1. The lowest BCUT2D eigenvalue weighted by Gasteiger charge is -2.36. The molecule has 1 aromatic heterocycles. The van der Waals surface area contributed by atoms with Gasteiger partial charge in [-0.25, -0.2) is 4.98 Å². The SMILES string of the molecule is COc1cc2c(cc1OC)C(CC(=O)O)N(C(=O)c1ncoc1C)CC2. The third kappa shape index (κ3) is 3.10. The molecule has 0 bridgehead atoms. The number of ether oxygens (including phenoxy) is 2. The highest BCUT2D eigenvalue weighted by Gasteiger charge is 2.35. The topological polar surface area (TPSA) is 102 Å². The van der Waals surface area contributed by atoms with Crippen molar-refractivity contribution in [3.05, 3.63) is 41.1 Å². The van der Waals surface area contributed by atoms with Crippen LogP contribution in [0.4, 0.5) is 0 Å². The molecule has 1 N–H and O–H groups in total. The summed E-state index contributed by atoms with van der Waals surface area (Å²) in [4.78, 5) is 29.9. The third-order valence-electron chi connectivity index (χ3n) is 4.58. The van der Waals surface area contributed by atoms with Crippen LogP contribution in [0, 0.1) is 6.92 Å². The van der Waals surface area contributed by atoms with Crippen LogP contribution in [0.2, 0.25) is 0 Å². The maximum absolute atomic E-state index is 12.9. The first-order chi connectivity index (χ1) is 12.5. The second-order valence-corrected chi connectivity index (χ2v) is 6.03. The molecule has 0 fully saturated rings. The summed E-state index contributed by atoms with van der Waals surface area (Å²) in [5.74, 6) is 0.137. The third-order valence-corrected chi connectivity index (χ3v) is 4.58. The fraction of sp³-hybridized carbons (Fsp3) is 0.389. The maximum Gasteiger partial charge on any atom is 0.305 e. The Hall–Kier alpha value is -3.03. The number of aromatic nitrogens is 1. The first kappa shape index (κ1) is 17.8. The van der Waals surface area contributed by atoms with Crippen molar-refractivity contribution in [1.82, 2.24) is 9.88 Å². The van der Waals surface area contributed by atoms with Crippen LogP contribution >= 0.6 is 0 Å². The molecular weight excluding hydrogens is 340 g/mol. The number of hydrogen-bond donors (Lipinski definition) is 1. The molecule has 0 spiro atoms. The molecule has 2 heterocycles. The minimum atomic E-state index is -0.993. The Morgan fingerprint density at radius 1 is 1.31 bits per heavy atom. The zero-order valence-electron chi connectivity index (χ0n) is 14.8. The molecule has 26 heavy (non-hydrogen) atoms. The molecule has 1 atom stereocenters. The Morgan fingerprint density at radius 2 is 2.00 bits per heavy atom. The normalized spacial score (nSPS) is 16.1. The highest BCUT2D eigenvalue weighted by Crippen LogP contribution is 2.40. The van der Waals surface area contributed by atoms with Gasteiger partial charge in [0, 0.05) is 6.54 Å². The molecule has 8 nitrogen and oxygen atoms in total. The van der Waals surface area contributed by atoms with E-state index in [9.17, 15) is 14.7 Å². The van der Waals surface area contributed by atoms with Crippen molar-refractivity contribution in [3.63, 3.8) is 0 Å². The van der Waals surface area contributed by atoms with Gasteiger partial charge in [-0.3, -0.25) is 9.59 Å². The Morgan fingerprint density at radius 3 is 2.58 bits per heavy atom. The van der Waals surface area contributed by atoms with E-state index in [1.807, 2.05) is 6.07 Å². The van der Waals surface area contributed by atoms with Crippen molar-refractivity contribution in [2.45, 2.75) is 25.8 Å². The summed E-state index contributed by atoms with van der Waals surface area (Å²) < 4.78 is 15.8. The predicted octanol–water partition coefficient (Wildman–Crippen LogP) is 2.21. The number of aliphatic carboxylic acids is 1. The molecule has 1 amide bonds. The van der Waals surface area contributed by atoms with E-state index in [4.69, 9.17) is 13.9 Å².